The predicted molar refractivity (Wildman–Crippen MR) is 164 cm³/mol. The van der Waals surface area contributed by atoms with Crippen molar-refractivity contribution in [3.8, 4) is 0 Å². The van der Waals surface area contributed by atoms with Gasteiger partial charge in [0.15, 0.2) is 7.98 Å². The lowest BCUT2D eigenvalue weighted by Gasteiger charge is -2.44. The molecule has 0 aliphatic carbocycles. The van der Waals surface area contributed by atoms with E-state index in [1.54, 1.807) is 0 Å². The summed E-state index contributed by atoms with van der Waals surface area (Å²) in [4.78, 5) is 0. The zero-order valence-electron chi connectivity index (χ0n) is 24.1. The number of rotatable bonds is 6. The fraction of sp³-hybridized carbons (Fsp3) is 1.00. The van der Waals surface area contributed by atoms with Gasteiger partial charge < -0.3 is 4.35 Å². The fourth-order valence-corrected chi connectivity index (χ4v) is 24.7. The van der Waals surface area contributed by atoms with E-state index >= 15 is 0 Å². The van der Waals surface area contributed by atoms with E-state index in [1.165, 1.54) is 38.5 Å². The average molecular weight is 543 g/mol. The molecule has 4 aliphatic rings. The second-order valence-corrected chi connectivity index (χ2v) is 25.1. The Kier molecular flexibility index (Phi) is 9.62. The van der Waals surface area contributed by atoms with Gasteiger partial charge in [-0.05, 0) is 128 Å². The highest BCUT2D eigenvalue weighted by molar-refractivity contribution is 7.73. The molecule has 0 amide bonds. The summed E-state index contributed by atoms with van der Waals surface area (Å²) in [5.41, 5.74) is 7.26. The molecule has 196 valence electrons. The lowest BCUT2D eigenvalue weighted by atomic mass is 9.82. The van der Waals surface area contributed by atoms with Gasteiger partial charge in [0.1, 0.15) is 0 Å². The van der Waals surface area contributed by atoms with Crippen molar-refractivity contribution in [2.45, 2.75) is 139 Å². The van der Waals surface area contributed by atoms with Crippen LogP contribution in [0.1, 0.15) is 93.9 Å². The number of hydrogen-bond donors (Lipinski definition) is 0. The van der Waals surface area contributed by atoms with Gasteiger partial charge in [-0.2, -0.15) is 0 Å². The molecule has 4 unspecified atom stereocenters. The maximum Gasteiger partial charge on any atom is 0.195 e. The summed E-state index contributed by atoms with van der Waals surface area (Å²) in [7, 11) is 7.42. The maximum atomic E-state index is 3.01. The summed E-state index contributed by atoms with van der Waals surface area (Å²) < 4.78 is 8.59. The predicted octanol–water partition coefficient (Wildman–Crippen LogP) is 7.94. The van der Waals surface area contributed by atoms with Crippen molar-refractivity contribution in [1.29, 1.82) is 0 Å². The van der Waals surface area contributed by atoms with Gasteiger partial charge in [-0.1, -0.05) is 55.4 Å². The first-order valence-electron chi connectivity index (χ1n) is 14.3. The molecule has 4 aliphatic heterocycles. The monoisotopic (exact) mass is 543 g/mol. The van der Waals surface area contributed by atoms with Crippen LogP contribution in [0.2, 0.25) is 0 Å². The van der Waals surface area contributed by atoms with E-state index < -0.39 is 0 Å². The molecule has 12 atom stereocenters. The highest BCUT2D eigenvalue weighted by Crippen LogP contribution is 2.74. The zero-order valence-corrected chi connectivity index (χ0v) is 27.7. The number of hydrogen-bond acceptors (Lipinski definition) is 3. The molecule has 4 saturated heterocycles. The number of hydrazine groups is 1. The van der Waals surface area contributed by atoms with Crippen molar-refractivity contribution < 1.29 is 0 Å². The highest BCUT2D eigenvalue weighted by Gasteiger charge is 2.52. The Morgan fingerprint density at radius 1 is 0.500 bits per heavy atom. The normalized spacial score (nSPS) is 48.9. The summed E-state index contributed by atoms with van der Waals surface area (Å²) in [6.45, 7) is 20.7. The van der Waals surface area contributed by atoms with E-state index in [1.807, 2.05) is 0 Å². The van der Waals surface area contributed by atoms with Crippen molar-refractivity contribution in [1.82, 2.24) is 13.9 Å². The lowest BCUT2D eigenvalue weighted by Crippen LogP contribution is -2.35. The molecular formula is C26H54BN3P4. The molecule has 0 N–H and O–H groups in total. The highest BCUT2D eigenvalue weighted by atomic mass is 31.2. The Morgan fingerprint density at radius 3 is 1.32 bits per heavy atom. The standard InChI is InChI=1S/C26H54BN3P4/c1-17-11-12-18(2)31(17)28(9)29(10)33-21(5)15-25(23(33)7)26-16-22(6)34(24(26)8)30(27)32-19(3)13-14-20(32)4/h17-26H,11-16,27H2,1-10H3/t17-,18-,19-,20-,21-,22-,23-,24-,25?,26?,33?,34?/m1/s1. The molecule has 0 aromatic rings. The molecule has 4 rings (SSSR count). The van der Waals surface area contributed by atoms with Crippen LogP contribution in [0, 0.1) is 11.8 Å². The molecule has 4 fully saturated rings. The summed E-state index contributed by atoms with van der Waals surface area (Å²) >= 11 is 0. The van der Waals surface area contributed by atoms with E-state index in [0.29, 0.717) is 0 Å². The summed E-state index contributed by atoms with van der Waals surface area (Å²) in [5.74, 6) is 1.89. The molecule has 0 saturated carbocycles. The molecule has 0 aromatic heterocycles. The summed E-state index contributed by atoms with van der Waals surface area (Å²) in [5, 5.41) is 0. The Bertz CT molecular complexity index is 683. The zero-order chi connectivity index (χ0) is 25.1. The van der Waals surface area contributed by atoms with Crippen LogP contribution in [0.15, 0.2) is 0 Å². The van der Waals surface area contributed by atoms with E-state index in [2.05, 4.69) is 91.4 Å². The van der Waals surface area contributed by atoms with Gasteiger partial charge in [0.2, 0.25) is 0 Å². The minimum atomic E-state index is -0.0906. The van der Waals surface area contributed by atoms with Gasteiger partial charge in [0.25, 0.3) is 0 Å². The quantitative estimate of drug-likeness (QED) is 0.191. The first kappa shape index (κ1) is 28.7. The minimum absolute atomic E-state index is 0.00541. The second kappa shape index (κ2) is 11.4. The molecular weight excluding hydrogens is 489 g/mol. The summed E-state index contributed by atoms with van der Waals surface area (Å²) in [6, 6.07) is 0. The minimum Gasteiger partial charge on any atom is -0.307 e. The molecule has 0 bridgehead atoms. The molecule has 0 spiro atoms. The Balaban J connectivity index is 1.46. The molecule has 3 nitrogen and oxygen atoms in total. The van der Waals surface area contributed by atoms with Crippen molar-refractivity contribution in [2.75, 3.05) is 14.1 Å². The van der Waals surface area contributed by atoms with E-state index in [-0.39, 0.29) is 32.3 Å². The van der Waals surface area contributed by atoms with Gasteiger partial charge in [0.05, 0.1) is 0 Å². The smallest absolute Gasteiger partial charge is 0.195 e. The summed E-state index contributed by atoms with van der Waals surface area (Å²) in [6.07, 6.45) is 8.77. The van der Waals surface area contributed by atoms with Crippen molar-refractivity contribution in [2.24, 2.45) is 11.8 Å². The van der Waals surface area contributed by atoms with Gasteiger partial charge >= 0.3 is 0 Å². The topological polar surface area (TPSA) is 9.72 Å². The average Bonchev–Trinajstić information content (AvgIpc) is 3.46. The second-order valence-electron chi connectivity index (χ2n) is 12.5. The van der Waals surface area contributed by atoms with E-state index in [4.69, 9.17) is 0 Å². The van der Waals surface area contributed by atoms with E-state index in [9.17, 15) is 0 Å². The first-order chi connectivity index (χ1) is 16.0. The molecule has 0 radical (unpaired) electrons. The van der Waals surface area contributed by atoms with Crippen LogP contribution in [0.3, 0.4) is 0 Å². The lowest BCUT2D eigenvalue weighted by molar-refractivity contribution is 0.255. The van der Waals surface area contributed by atoms with Gasteiger partial charge in [-0.3, -0.25) is 0 Å². The largest absolute Gasteiger partial charge is 0.307 e. The Hall–Kier alpha value is 1.66. The van der Waals surface area contributed by atoms with Crippen molar-refractivity contribution in [3.63, 3.8) is 0 Å². The van der Waals surface area contributed by atoms with Crippen LogP contribution in [-0.4, -0.2) is 81.3 Å². The number of nitrogens with zero attached hydrogens (tertiary/aromatic N) is 3. The van der Waals surface area contributed by atoms with Crippen LogP contribution >= 0.6 is 32.3 Å². The van der Waals surface area contributed by atoms with Gasteiger partial charge in [-0.15, -0.1) is 0 Å². The van der Waals surface area contributed by atoms with Crippen molar-refractivity contribution in [3.05, 3.63) is 0 Å². The third kappa shape index (κ3) is 5.13. The Labute approximate surface area is 218 Å². The van der Waals surface area contributed by atoms with Crippen LogP contribution in [0.4, 0.5) is 0 Å². The SMILES string of the molecule is BN(P1[C@H](C)CC[C@H]1C)P1[C@H](C)CC(C2C[C@@H](C)P(N(C)N(C)P3[C@H](C)CC[C@H]3C)[C@@H]2C)[C@H]1C. The third-order valence-corrected chi connectivity index (χ3v) is 24.2. The van der Waals surface area contributed by atoms with Gasteiger partial charge in [0, 0.05) is 14.1 Å². The van der Waals surface area contributed by atoms with E-state index in [0.717, 1.165) is 57.1 Å². The van der Waals surface area contributed by atoms with Crippen LogP contribution in [-0.2, 0) is 0 Å². The van der Waals surface area contributed by atoms with Crippen molar-refractivity contribution >= 4 is 40.3 Å². The molecule has 0 aromatic carbocycles. The van der Waals surface area contributed by atoms with Crippen LogP contribution in [0.5, 0.6) is 0 Å². The molecule has 4 heterocycles. The first-order valence-corrected chi connectivity index (χ1v) is 20.0. The molecule has 8 heteroatoms. The Morgan fingerprint density at radius 2 is 0.853 bits per heavy atom. The van der Waals surface area contributed by atoms with Crippen LogP contribution < -0.4 is 0 Å². The fourth-order valence-electron chi connectivity index (χ4n) is 8.68. The third-order valence-electron chi connectivity index (χ3n) is 10.3. The van der Waals surface area contributed by atoms with Crippen LogP contribution in [0.25, 0.3) is 0 Å². The van der Waals surface area contributed by atoms with Gasteiger partial charge in [-0.25, -0.2) is 9.56 Å². The molecule has 34 heavy (non-hydrogen) atoms. The maximum absolute atomic E-state index is 3.01.